The molecular formula is C41H58N6O6S2. The number of aliphatic imine (C=N–C) groups is 1. The molecule has 1 aromatic heterocycles. The molecule has 1 aromatic carbocycles. The van der Waals surface area contributed by atoms with Crippen molar-refractivity contribution in [1.82, 2.24) is 15.2 Å². The lowest BCUT2D eigenvalue weighted by atomic mass is 9.78. The zero-order chi connectivity index (χ0) is 38.8. The molecule has 6 rings (SSSR count). The van der Waals surface area contributed by atoms with Crippen molar-refractivity contribution in [3.05, 3.63) is 52.7 Å². The molecule has 0 radical (unpaired) electrons. The smallest absolute Gasteiger partial charge is 0.302 e. The number of nitrogens with zero attached hydrogens (tertiary/aromatic N) is 3. The molecule has 5 unspecified atom stereocenters. The molecule has 1 saturated carbocycles. The highest BCUT2D eigenvalue weighted by molar-refractivity contribution is 8.76. The topological polar surface area (TPSA) is 186 Å². The molecule has 1 aliphatic carbocycles. The summed E-state index contributed by atoms with van der Waals surface area (Å²) in [5, 5.41) is 26.2. The Balaban J connectivity index is 1.30. The van der Waals surface area contributed by atoms with Crippen LogP contribution in [0.3, 0.4) is 0 Å². The summed E-state index contributed by atoms with van der Waals surface area (Å²) < 4.78 is 12.4. The molecule has 0 spiro atoms. The maximum atomic E-state index is 14.0. The number of aliphatic hydroxyl groups excluding tert-OH is 1. The number of aromatic hydroxyl groups is 1. The molecule has 2 aromatic rings. The average Bonchev–Trinajstić information content (AvgIpc) is 3.65. The van der Waals surface area contributed by atoms with Gasteiger partial charge in [-0.25, -0.2) is 9.98 Å². The Kier molecular flexibility index (Phi) is 14.5. The first kappa shape index (κ1) is 41.0. The maximum absolute atomic E-state index is 14.0. The van der Waals surface area contributed by atoms with E-state index in [0.29, 0.717) is 87.0 Å². The number of fused-ring (bicyclic) bond motifs is 7. The SMILES string of the molecule is CC(=O)OC1CCc2cc(c(O)c3c2C=CC2CCCC2O3)CN2CC(Cc3ccnc(N)c3)(CCNC(N)=NCSSCCCCCCC(O)C1)CC2=O. The molecular weight excluding hydrogens is 737 g/mol. The van der Waals surface area contributed by atoms with E-state index >= 15 is 0 Å². The number of benzene rings is 1. The van der Waals surface area contributed by atoms with Gasteiger partial charge in [-0.2, -0.15) is 0 Å². The molecule has 55 heavy (non-hydrogen) atoms. The quantitative estimate of drug-likeness (QED) is 0.178. The number of hydrogen-bond acceptors (Lipinski definition) is 13. The van der Waals surface area contributed by atoms with Crippen LogP contribution in [0.15, 0.2) is 35.5 Å². The maximum Gasteiger partial charge on any atom is 0.302 e. The van der Waals surface area contributed by atoms with Crippen LogP contribution in [0.4, 0.5) is 5.82 Å². The third-order valence-electron chi connectivity index (χ3n) is 11.4. The van der Waals surface area contributed by atoms with E-state index in [1.807, 2.05) is 23.1 Å². The van der Waals surface area contributed by atoms with E-state index < -0.39 is 17.6 Å². The van der Waals surface area contributed by atoms with Gasteiger partial charge in [-0.15, -0.1) is 0 Å². The van der Waals surface area contributed by atoms with Gasteiger partial charge in [0.15, 0.2) is 17.5 Å². The van der Waals surface area contributed by atoms with E-state index in [1.165, 1.54) is 6.92 Å². The van der Waals surface area contributed by atoms with Crippen LogP contribution in [0.1, 0.15) is 106 Å². The number of pyridine rings is 1. The van der Waals surface area contributed by atoms with Crippen LogP contribution >= 0.6 is 21.6 Å². The predicted octanol–water partition coefficient (Wildman–Crippen LogP) is 6.12. The summed E-state index contributed by atoms with van der Waals surface area (Å²) in [4.78, 5) is 36.7. The fourth-order valence-electron chi connectivity index (χ4n) is 8.64. The highest BCUT2D eigenvalue weighted by Gasteiger charge is 2.43. The van der Waals surface area contributed by atoms with E-state index in [2.05, 4.69) is 27.4 Å². The summed E-state index contributed by atoms with van der Waals surface area (Å²) in [6.45, 7) is 2.64. The number of aliphatic hydroxyl groups is 1. The Morgan fingerprint density at radius 2 is 1.96 bits per heavy atom. The number of amides is 1. The second-order valence-corrected chi connectivity index (χ2v) is 18.3. The highest BCUT2D eigenvalue weighted by Crippen LogP contribution is 2.46. The number of guanidine groups is 1. The van der Waals surface area contributed by atoms with Crippen LogP contribution < -0.4 is 21.5 Å². The zero-order valence-corrected chi connectivity index (χ0v) is 33.7. The van der Waals surface area contributed by atoms with Crippen LogP contribution in [0, 0.1) is 11.3 Å². The van der Waals surface area contributed by atoms with Crippen LogP contribution in [0.5, 0.6) is 11.5 Å². The number of anilines is 1. The standard InChI is InChI=1S/C41H58N6O6S2/c1-27(48)52-33-12-10-30-20-31(38(51)39-34(30)13-11-29-7-6-9-35(29)53-39)24-47-25-41(23-37(47)50,22-28-14-16-44-36(42)19-28)15-17-45-40(43)46-26-55-54-18-5-3-2-4-8-32(49)21-33/h11,13-14,16,19-20,29,32-33,35,49,51H,2-10,12,15,17-18,21-26H2,1H3,(H2,42,44)(H3,43,45,46). The van der Waals surface area contributed by atoms with Crippen molar-refractivity contribution in [3.63, 3.8) is 0 Å². The van der Waals surface area contributed by atoms with Gasteiger partial charge >= 0.3 is 5.97 Å². The van der Waals surface area contributed by atoms with Gasteiger partial charge in [0.2, 0.25) is 5.91 Å². The average molecular weight is 795 g/mol. The van der Waals surface area contributed by atoms with Crippen molar-refractivity contribution in [2.45, 2.75) is 122 Å². The number of hydrogen-bond donors (Lipinski definition) is 5. The van der Waals surface area contributed by atoms with Crippen molar-refractivity contribution in [2.75, 3.05) is 30.5 Å². The number of nitrogens with two attached hydrogens (primary N) is 2. The lowest BCUT2D eigenvalue weighted by Gasteiger charge is -2.30. The zero-order valence-electron chi connectivity index (χ0n) is 32.0. The lowest BCUT2D eigenvalue weighted by molar-refractivity contribution is -0.148. The normalized spacial score (nSPS) is 27.5. The van der Waals surface area contributed by atoms with Crippen LogP contribution in [-0.2, 0) is 33.7 Å². The van der Waals surface area contributed by atoms with Crippen molar-refractivity contribution in [1.29, 1.82) is 0 Å². The largest absolute Gasteiger partial charge is 0.504 e. The molecule has 1 amide bonds. The number of carbonyl (C=O) groups is 2. The highest BCUT2D eigenvalue weighted by atomic mass is 33.1. The van der Waals surface area contributed by atoms with E-state index in [0.717, 1.165) is 67.4 Å². The first-order chi connectivity index (χ1) is 26.6. The second kappa shape index (κ2) is 19.5. The number of esters is 1. The summed E-state index contributed by atoms with van der Waals surface area (Å²) in [6.07, 6.45) is 15.7. The molecule has 14 heteroatoms. The first-order valence-electron chi connectivity index (χ1n) is 19.9. The molecule has 4 heterocycles. The lowest BCUT2D eigenvalue weighted by Crippen LogP contribution is -2.37. The minimum absolute atomic E-state index is 0.00549. The fraction of sp³-hybridized carbons (Fsp3) is 0.610. The number of nitrogen functional groups attached to an aromatic ring is 1. The van der Waals surface area contributed by atoms with Crippen LogP contribution in [-0.4, -0.2) is 81.0 Å². The number of ether oxygens (including phenoxy) is 2. The van der Waals surface area contributed by atoms with Gasteiger partial charge in [0.05, 0.1) is 12.0 Å². The number of phenolic OH excluding ortho intramolecular Hbond substituents is 1. The Labute approximate surface area is 333 Å². The molecule has 300 valence electrons. The Hall–Kier alpha value is -3.62. The van der Waals surface area contributed by atoms with Gasteiger partial charge in [-0.1, -0.05) is 53.0 Å². The summed E-state index contributed by atoms with van der Waals surface area (Å²) in [5.74, 6) is 2.78. The minimum Gasteiger partial charge on any atom is -0.504 e. The van der Waals surface area contributed by atoms with Crippen molar-refractivity contribution < 1.29 is 29.3 Å². The molecule has 5 atom stereocenters. The number of carbonyl (C=O) groups excluding carboxylic acids is 2. The van der Waals surface area contributed by atoms with Crippen molar-refractivity contribution in [2.24, 2.45) is 22.1 Å². The number of rotatable bonds is 3. The van der Waals surface area contributed by atoms with E-state index in [4.69, 9.17) is 20.9 Å². The number of aryl methyl sites for hydroxylation is 1. The summed E-state index contributed by atoms with van der Waals surface area (Å²) in [6, 6.07) is 5.80. The van der Waals surface area contributed by atoms with Crippen molar-refractivity contribution >= 4 is 51.3 Å². The van der Waals surface area contributed by atoms with Crippen molar-refractivity contribution in [3.8, 4) is 11.5 Å². The molecule has 4 aliphatic rings. The van der Waals surface area contributed by atoms with Gasteiger partial charge in [0.25, 0.3) is 0 Å². The van der Waals surface area contributed by atoms with E-state index in [-0.39, 0.29) is 36.2 Å². The number of nitrogens with one attached hydrogen (secondary N) is 1. The monoisotopic (exact) mass is 794 g/mol. The van der Waals surface area contributed by atoms with E-state index in [9.17, 15) is 19.8 Å². The molecule has 7 N–H and O–H groups in total. The van der Waals surface area contributed by atoms with E-state index in [1.54, 1.807) is 27.8 Å². The molecule has 3 aliphatic heterocycles. The fourth-order valence-corrected chi connectivity index (χ4v) is 10.4. The summed E-state index contributed by atoms with van der Waals surface area (Å²) in [5.41, 5.74) is 15.3. The third-order valence-corrected chi connectivity index (χ3v) is 13.6. The summed E-state index contributed by atoms with van der Waals surface area (Å²) >= 11 is 0. The Morgan fingerprint density at radius 1 is 1.11 bits per heavy atom. The Bertz CT molecular complexity index is 1710. The number of aromatic nitrogens is 1. The predicted molar refractivity (Wildman–Crippen MR) is 220 cm³/mol. The van der Waals surface area contributed by atoms with Crippen LogP contribution in [0.25, 0.3) is 6.08 Å². The molecule has 4 bridgehead atoms. The molecule has 2 fully saturated rings. The van der Waals surface area contributed by atoms with Gasteiger partial charge < -0.3 is 41.4 Å². The molecule has 1 saturated heterocycles. The first-order valence-corrected chi connectivity index (χ1v) is 22.4. The number of phenols is 1. The second-order valence-electron chi connectivity index (χ2n) is 15.7. The van der Waals surface area contributed by atoms with Gasteiger partial charge in [0, 0.05) is 73.8 Å². The summed E-state index contributed by atoms with van der Waals surface area (Å²) in [7, 11) is 3.46. The van der Waals surface area contributed by atoms with Gasteiger partial charge in [0.1, 0.15) is 18.0 Å². The minimum atomic E-state index is -0.579. The van der Waals surface area contributed by atoms with Crippen LogP contribution in [0.2, 0.25) is 0 Å². The Morgan fingerprint density at radius 3 is 2.80 bits per heavy atom. The van der Waals surface area contributed by atoms with Gasteiger partial charge in [-0.05, 0) is 87.1 Å². The van der Waals surface area contributed by atoms with Gasteiger partial charge in [-0.3, -0.25) is 9.59 Å². The molecule has 12 nitrogen and oxygen atoms in total. The third kappa shape index (κ3) is 11.5.